The smallest absolute Gasteiger partial charge is 0.0794 e. The Morgan fingerprint density at radius 1 is 1.64 bits per heavy atom. The molecule has 0 aliphatic rings. The van der Waals surface area contributed by atoms with E-state index in [1.165, 1.54) is 0 Å². The van der Waals surface area contributed by atoms with Gasteiger partial charge in [0.1, 0.15) is 0 Å². The summed E-state index contributed by atoms with van der Waals surface area (Å²) < 4.78 is 0. The number of hydrogen-bond acceptors (Lipinski definition) is 3. The molecule has 1 aromatic rings. The van der Waals surface area contributed by atoms with Crippen molar-refractivity contribution in [2.24, 2.45) is 5.92 Å². The van der Waals surface area contributed by atoms with Gasteiger partial charge < -0.3 is 5.11 Å². The summed E-state index contributed by atoms with van der Waals surface area (Å²) in [7, 11) is 0. The minimum Gasteiger partial charge on any atom is -0.393 e. The Morgan fingerprint density at radius 2 is 2.36 bits per heavy atom. The van der Waals surface area contributed by atoms with Crippen LogP contribution >= 0.6 is 11.3 Å². The van der Waals surface area contributed by atoms with Crippen molar-refractivity contribution in [3.63, 3.8) is 0 Å². The van der Waals surface area contributed by atoms with E-state index in [0.29, 0.717) is 5.92 Å². The molecule has 0 aliphatic heterocycles. The van der Waals surface area contributed by atoms with Crippen molar-refractivity contribution in [1.82, 2.24) is 4.98 Å². The third-order valence-electron chi connectivity index (χ3n) is 1.84. The Kier molecular flexibility index (Phi) is 3.02. The molecule has 2 unspecified atom stereocenters. The van der Waals surface area contributed by atoms with E-state index in [1.54, 1.807) is 11.3 Å². The minimum atomic E-state index is -0.239. The molecule has 1 rings (SSSR count). The largest absolute Gasteiger partial charge is 0.393 e. The Labute approximate surface area is 70.9 Å². The van der Waals surface area contributed by atoms with Crippen LogP contribution in [0.25, 0.3) is 0 Å². The van der Waals surface area contributed by atoms with Gasteiger partial charge in [0.15, 0.2) is 0 Å². The summed E-state index contributed by atoms with van der Waals surface area (Å²) in [5, 5.41) is 11.2. The maximum Gasteiger partial charge on any atom is 0.0794 e. The first-order chi connectivity index (χ1) is 5.20. The van der Waals surface area contributed by atoms with Crippen LogP contribution < -0.4 is 0 Å². The summed E-state index contributed by atoms with van der Waals surface area (Å²) >= 11 is 1.60. The summed E-state index contributed by atoms with van der Waals surface area (Å²) in [4.78, 5) is 4.15. The number of nitrogens with zero attached hydrogens (tertiary/aromatic N) is 1. The van der Waals surface area contributed by atoms with Crippen LogP contribution in [0.3, 0.4) is 0 Å². The zero-order valence-electron chi connectivity index (χ0n) is 6.82. The lowest BCUT2D eigenvalue weighted by molar-refractivity contribution is 0.134. The predicted molar refractivity (Wildman–Crippen MR) is 46.7 cm³/mol. The zero-order valence-corrected chi connectivity index (χ0v) is 7.64. The molecule has 0 aromatic carbocycles. The molecule has 0 saturated carbocycles. The highest BCUT2D eigenvalue weighted by Gasteiger charge is 2.09. The molecule has 11 heavy (non-hydrogen) atoms. The lowest BCUT2D eigenvalue weighted by Crippen LogP contribution is -2.15. The van der Waals surface area contributed by atoms with E-state index >= 15 is 0 Å². The van der Waals surface area contributed by atoms with Crippen molar-refractivity contribution in [3.8, 4) is 0 Å². The van der Waals surface area contributed by atoms with Gasteiger partial charge in [0, 0.05) is 5.38 Å². The Morgan fingerprint density at radius 3 is 2.82 bits per heavy atom. The number of aliphatic hydroxyl groups is 1. The molecule has 0 spiro atoms. The molecule has 0 fully saturated rings. The number of aliphatic hydroxyl groups excluding tert-OH is 1. The molecule has 0 saturated heterocycles. The number of thiazole rings is 1. The topological polar surface area (TPSA) is 33.1 Å². The molecular formula is C8H13NOS. The number of aromatic nitrogens is 1. The molecule has 1 N–H and O–H groups in total. The second kappa shape index (κ2) is 3.83. The van der Waals surface area contributed by atoms with Gasteiger partial charge in [-0.2, -0.15) is 0 Å². The first-order valence-electron chi connectivity index (χ1n) is 3.75. The predicted octanol–water partition coefficient (Wildman–Crippen LogP) is 1.70. The average molecular weight is 171 g/mol. The van der Waals surface area contributed by atoms with Crippen molar-refractivity contribution < 1.29 is 5.11 Å². The summed E-state index contributed by atoms with van der Waals surface area (Å²) in [5.41, 5.74) is 2.91. The van der Waals surface area contributed by atoms with Crippen LogP contribution in [-0.4, -0.2) is 16.2 Å². The molecule has 0 bridgehead atoms. The first kappa shape index (κ1) is 8.68. The molecule has 1 heterocycles. The van der Waals surface area contributed by atoms with Crippen LogP contribution in [0, 0.1) is 5.92 Å². The van der Waals surface area contributed by atoms with Gasteiger partial charge >= 0.3 is 0 Å². The normalized spacial score (nSPS) is 16.3. The van der Waals surface area contributed by atoms with Gasteiger partial charge in [0.05, 0.1) is 17.3 Å². The van der Waals surface area contributed by atoms with E-state index in [2.05, 4.69) is 4.98 Å². The molecule has 2 nitrogen and oxygen atoms in total. The van der Waals surface area contributed by atoms with Crippen LogP contribution in [0.1, 0.15) is 19.5 Å². The maximum absolute atomic E-state index is 9.20. The summed E-state index contributed by atoms with van der Waals surface area (Å²) in [6.45, 7) is 3.85. The lowest BCUT2D eigenvalue weighted by Gasteiger charge is -2.11. The van der Waals surface area contributed by atoms with Crippen molar-refractivity contribution in [2.45, 2.75) is 26.4 Å². The van der Waals surface area contributed by atoms with E-state index in [9.17, 15) is 5.11 Å². The zero-order chi connectivity index (χ0) is 8.27. The maximum atomic E-state index is 9.20. The van der Waals surface area contributed by atoms with Crippen LogP contribution in [0.2, 0.25) is 0 Å². The van der Waals surface area contributed by atoms with E-state index in [4.69, 9.17) is 0 Å². The third-order valence-corrected chi connectivity index (χ3v) is 2.47. The van der Waals surface area contributed by atoms with Crippen LogP contribution in [0.15, 0.2) is 10.9 Å². The lowest BCUT2D eigenvalue weighted by atomic mass is 10.0. The summed E-state index contributed by atoms with van der Waals surface area (Å²) in [6.07, 6.45) is 0.637. The van der Waals surface area contributed by atoms with Gasteiger partial charge in [-0.25, -0.2) is 4.98 Å². The molecule has 62 valence electrons. The Balaban J connectivity index is 2.43. The van der Waals surface area contributed by atoms with E-state index in [1.807, 2.05) is 24.7 Å². The van der Waals surface area contributed by atoms with Gasteiger partial charge in [-0.05, 0) is 19.3 Å². The molecule has 0 aliphatic carbocycles. The second-order valence-corrected chi connectivity index (χ2v) is 3.62. The fourth-order valence-electron chi connectivity index (χ4n) is 0.839. The van der Waals surface area contributed by atoms with Gasteiger partial charge in [-0.1, -0.05) is 6.92 Å². The number of rotatable bonds is 3. The SMILES string of the molecule is CC(O)C(C)Cc1cscn1. The standard InChI is InChI=1S/C8H13NOS/c1-6(7(2)10)3-8-4-11-5-9-8/h4-7,10H,3H2,1-2H3. The molecule has 1 aromatic heterocycles. The monoisotopic (exact) mass is 171 g/mol. The van der Waals surface area contributed by atoms with Crippen LogP contribution in [0.4, 0.5) is 0 Å². The highest BCUT2D eigenvalue weighted by atomic mass is 32.1. The Hall–Kier alpha value is -0.410. The molecule has 2 atom stereocenters. The van der Waals surface area contributed by atoms with E-state index < -0.39 is 0 Å². The third kappa shape index (κ3) is 2.60. The molecule has 0 radical (unpaired) electrons. The average Bonchev–Trinajstić information content (AvgIpc) is 2.39. The van der Waals surface area contributed by atoms with E-state index in [-0.39, 0.29) is 6.10 Å². The van der Waals surface area contributed by atoms with Crippen molar-refractivity contribution in [2.75, 3.05) is 0 Å². The fourth-order valence-corrected chi connectivity index (χ4v) is 1.41. The molecule has 0 amide bonds. The summed E-state index contributed by atoms with van der Waals surface area (Å²) in [6, 6.07) is 0. The van der Waals surface area contributed by atoms with E-state index in [0.717, 1.165) is 12.1 Å². The van der Waals surface area contributed by atoms with Crippen molar-refractivity contribution in [3.05, 3.63) is 16.6 Å². The van der Waals surface area contributed by atoms with Crippen LogP contribution in [0.5, 0.6) is 0 Å². The van der Waals surface area contributed by atoms with Gasteiger partial charge in [-0.3, -0.25) is 0 Å². The second-order valence-electron chi connectivity index (χ2n) is 2.90. The Bertz CT molecular complexity index is 196. The van der Waals surface area contributed by atoms with Gasteiger partial charge in [0.25, 0.3) is 0 Å². The van der Waals surface area contributed by atoms with Crippen molar-refractivity contribution in [1.29, 1.82) is 0 Å². The minimum absolute atomic E-state index is 0.239. The quantitative estimate of drug-likeness (QED) is 0.751. The molecular weight excluding hydrogens is 158 g/mol. The van der Waals surface area contributed by atoms with Gasteiger partial charge in [0.2, 0.25) is 0 Å². The van der Waals surface area contributed by atoms with Crippen molar-refractivity contribution >= 4 is 11.3 Å². The van der Waals surface area contributed by atoms with Crippen LogP contribution in [-0.2, 0) is 6.42 Å². The highest BCUT2D eigenvalue weighted by molar-refractivity contribution is 7.07. The first-order valence-corrected chi connectivity index (χ1v) is 4.69. The molecule has 3 heteroatoms. The summed E-state index contributed by atoms with van der Waals surface area (Å²) in [5.74, 6) is 0.303. The highest BCUT2D eigenvalue weighted by Crippen LogP contribution is 2.11. The number of hydrogen-bond donors (Lipinski definition) is 1. The fraction of sp³-hybridized carbons (Fsp3) is 0.625. The van der Waals surface area contributed by atoms with Gasteiger partial charge in [-0.15, -0.1) is 11.3 Å².